The van der Waals surface area contributed by atoms with Gasteiger partial charge in [0.1, 0.15) is 11.9 Å². The smallest absolute Gasteiger partial charge is 0.293 e. The predicted octanol–water partition coefficient (Wildman–Crippen LogP) is 4.29. The van der Waals surface area contributed by atoms with Crippen LogP contribution in [0, 0.1) is 6.92 Å². The molecule has 162 valence electrons. The van der Waals surface area contributed by atoms with Crippen LogP contribution in [-0.4, -0.2) is 34.9 Å². The summed E-state index contributed by atoms with van der Waals surface area (Å²) >= 11 is 0. The Balaban J connectivity index is 1.39. The summed E-state index contributed by atoms with van der Waals surface area (Å²) in [5, 5.41) is 11.9. The van der Waals surface area contributed by atoms with Crippen LogP contribution in [0.5, 0.6) is 5.75 Å². The molecule has 4 rings (SSSR count). The summed E-state index contributed by atoms with van der Waals surface area (Å²) < 4.78 is 16.6. The predicted molar refractivity (Wildman–Crippen MR) is 116 cm³/mol. The van der Waals surface area contributed by atoms with Gasteiger partial charge in [0, 0.05) is 23.7 Å². The number of hydrogen-bond donors (Lipinski definition) is 1. The molecule has 0 aliphatic heterocycles. The molecule has 1 fully saturated rings. The topological polar surface area (TPSA) is 86.5 Å². The monoisotopic (exact) mass is 421 g/mol. The van der Waals surface area contributed by atoms with Gasteiger partial charge in [-0.05, 0) is 75.1 Å². The molecule has 7 heteroatoms. The molecule has 0 bridgehead atoms. The number of nitrogens with zero attached hydrogens (tertiary/aromatic N) is 2. The van der Waals surface area contributed by atoms with Crippen molar-refractivity contribution in [1.29, 1.82) is 0 Å². The molecule has 1 saturated carbocycles. The van der Waals surface area contributed by atoms with E-state index in [-0.39, 0.29) is 12.2 Å². The molecular weight excluding hydrogens is 394 g/mol. The molecule has 0 spiro atoms. The van der Waals surface area contributed by atoms with Gasteiger partial charge in [0.25, 0.3) is 6.47 Å². The fraction of sp³-hybridized carbons (Fsp3) is 0.375. The Morgan fingerprint density at radius 3 is 2.55 bits per heavy atom. The number of rotatable bonds is 9. The van der Waals surface area contributed by atoms with E-state index in [9.17, 15) is 4.79 Å². The van der Waals surface area contributed by atoms with Gasteiger partial charge in [0.05, 0.1) is 6.10 Å². The second kappa shape index (κ2) is 9.31. The van der Waals surface area contributed by atoms with Gasteiger partial charge in [-0.1, -0.05) is 12.1 Å². The van der Waals surface area contributed by atoms with E-state index in [0.29, 0.717) is 24.3 Å². The van der Waals surface area contributed by atoms with E-state index in [1.807, 2.05) is 51.1 Å². The Morgan fingerprint density at radius 1 is 1.13 bits per heavy atom. The highest BCUT2D eigenvalue weighted by Crippen LogP contribution is 2.28. The fourth-order valence-electron chi connectivity index (χ4n) is 3.66. The molecule has 2 aromatic carbocycles. The third kappa shape index (κ3) is 5.11. The van der Waals surface area contributed by atoms with Crippen molar-refractivity contribution in [2.45, 2.75) is 58.4 Å². The average Bonchev–Trinajstić information content (AvgIpc) is 3.19. The van der Waals surface area contributed by atoms with Crippen LogP contribution >= 0.6 is 0 Å². The number of hydrogen-bond acceptors (Lipinski definition) is 7. The Hall–Kier alpha value is -3.19. The van der Waals surface area contributed by atoms with Crippen LogP contribution < -0.4 is 10.1 Å². The van der Waals surface area contributed by atoms with Gasteiger partial charge in [0.2, 0.25) is 11.8 Å². The molecule has 0 saturated heterocycles. The molecule has 1 N–H and O–H groups in total. The molecule has 0 atom stereocenters. The molecule has 0 amide bonds. The molecule has 1 aromatic heterocycles. The zero-order chi connectivity index (χ0) is 21.8. The van der Waals surface area contributed by atoms with Crippen LogP contribution in [0.3, 0.4) is 0 Å². The lowest BCUT2D eigenvalue weighted by atomic mass is 9.89. The summed E-state index contributed by atoms with van der Waals surface area (Å²) in [6.45, 7) is 7.32. The van der Waals surface area contributed by atoms with Gasteiger partial charge >= 0.3 is 0 Å². The average molecular weight is 421 g/mol. The van der Waals surface area contributed by atoms with Crippen LogP contribution in [0.15, 0.2) is 46.9 Å². The Morgan fingerprint density at radius 2 is 1.87 bits per heavy atom. The van der Waals surface area contributed by atoms with Crippen molar-refractivity contribution in [3.8, 4) is 28.7 Å². The maximum atomic E-state index is 10.3. The fourth-order valence-corrected chi connectivity index (χ4v) is 3.66. The van der Waals surface area contributed by atoms with Crippen molar-refractivity contribution >= 4 is 6.47 Å². The molecule has 7 nitrogen and oxygen atoms in total. The van der Waals surface area contributed by atoms with Crippen molar-refractivity contribution in [2.75, 3.05) is 0 Å². The number of benzene rings is 2. The highest BCUT2D eigenvalue weighted by atomic mass is 16.5. The lowest BCUT2D eigenvalue weighted by Crippen LogP contribution is -2.44. The first-order valence-corrected chi connectivity index (χ1v) is 10.5. The van der Waals surface area contributed by atoms with Gasteiger partial charge in [-0.3, -0.25) is 4.79 Å². The van der Waals surface area contributed by atoms with Crippen LogP contribution in [0.4, 0.5) is 0 Å². The first kappa shape index (κ1) is 21.1. The van der Waals surface area contributed by atoms with Gasteiger partial charge in [-0.25, -0.2) is 0 Å². The summed E-state index contributed by atoms with van der Waals surface area (Å²) in [7, 11) is 0. The summed E-state index contributed by atoms with van der Waals surface area (Å²) in [5.74, 6) is 1.79. The minimum Gasteiger partial charge on any atom is -0.491 e. The second-order valence-corrected chi connectivity index (χ2v) is 8.16. The van der Waals surface area contributed by atoms with Gasteiger partial charge in [-0.15, -0.1) is 10.2 Å². The van der Waals surface area contributed by atoms with E-state index in [1.54, 1.807) is 0 Å². The number of carbonyl (C=O) groups excluding carboxylic acids is 1. The summed E-state index contributed by atoms with van der Waals surface area (Å²) in [4.78, 5) is 10.3. The number of ether oxygens (including phenoxy) is 2. The van der Waals surface area contributed by atoms with Crippen LogP contribution in [0.25, 0.3) is 22.9 Å². The zero-order valence-electron chi connectivity index (χ0n) is 18.0. The quantitative estimate of drug-likeness (QED) is 0.516. The summed E-state index contributed by atoms with van der Waals surface area (Å²) in [6, 6.07) is 14.2. The van der Waals surface area contributed by atoms with E-state index in [2.05, 4.69) is 27.6 Å². The number of carbonyl (C=O) groups is 1. The van der Waals surface area contributed by atoms with Crippen molar-refractivity contribution in [3.63, 3.8) is 0 Å². The highest BCUT2D eigenvalue weighted by Gasteiger charge is 2.29. The third-order valence-corrected chi connectivity index (χ3v) is 5.36. The molecular formula is C24H27N3O4. The standard InChI is InChI=1S/C24H27N3O4/c1-15(2)30-20-7-5-18(6-8-20)23-26-27-24(31-23)22-9-4-17(10-16(22)3)13-25-19-11-21(12-19)29-14-28/h4-10,14-15,19,21,25H,11-13H2,1-3H3. The van der Waals surface area contributed by atoms with E-state index in [0.717, 1.165) is 41.8 Å². The molecule has 31 heavy (non-hydrogen) atoms. The van der Waals surface area contributed by atoms with E-state index in [4.69, 9.17) is 13.9 Å². The van der Waals surface area contributed by atoms with Crippen molar-refractivity contribution in [2.24, 2.45) is 0 Å². The van der Waals surface area contributed by atoms with Crippen LogP contribution in [-0.2, 0) is 16.1 Å². The van der Waals surface area contributed by atoms with Gasteiger partial charge in [-0.2, -0.15) is 0 Å². The molecule has 0 radical (unpaired) electrons. The van der Waals surface area contributed by atoms with Crippen LogP contribution in [0.2, 0.25) is 0 Å². The zero-order valence-corrected chi connectivity index (χ0v) is 18.0. The van der Waals surface area contributed by atoms with Crippen molar-refractivity contribution < 1.29 is 18.7 Å². The SMILES string of the molecule is Cc1cc(CNC2CC(OC=O)C2)ccc1-c1nnc(-c2ccc(OC(C)C)cc2)o1. The van der Waals surface area contributed by atoms with E-state index in [1.165, 1.54) is 5.56 Å². The third-order valence-electron chi connectivity index (χ3n) is 5.36. The lowest BCUT2D eigenvalue weighted by Gasteiger charge is -2.34. The lowest BCUT2D eigenvalue weighted by molar-refractivity contribution is -0.138. The normalized spacial score (nSPS) is 17.9. The largest absolute Gasteiger partial charge is 0.491 e. The molecule has 1 aliphatic rings. The first-order valence-electron chi connectivity index (χ1n) is 10.5. The number of aryl methyl sites for hydroxylation is 1. The van der Waals surface area contributed by atoms with E-state index < -0.39 is 0 Å². The highest BCUT2D eigenvalue weighted by molar-refractivity contribution is 5.61. The van der Waals surface area contributed by atoms with E-state index >= 15 is 0 Å². The molecule has 3 aromatic rings. The summed E-state index contributed by atoms with van der Waals surface area (Å²) in [6.07, 6.45) is 1.92. The summed E-state index contributed by atoms with van der Waals surface area (Å²) in [5.41, 5.74) is 4.03. The van der Waals surface area contributed by atoms with Crippen molar-refractivity contribution in [1.82, 2.24) is 15.5 Å². The Bertz CT molecular complexity index is 1020. The van der Waals surface area contributed by atoms with Gasteiger partial charge in [0.15, 0.2) is 0 Å². The number of aromatic nitrogens is 2. The molecule has 1 heterocycles. The van der Waals surface area contributed by atoms with Crippen LogP contribution in [0.1, 0.15) is 37.8 Å². The molecule has 1 aliphatic carbocycles. The minimum atomic E-state index is 0.0600. The maximum absolute atomic E-state index is 10.3. The molecule has 0 unspecified atom stereocenters. The first-order chi connectivity index (χ1) is 15.0. The second-order valence-electron chi connectivity index (χ2n) is 8.16. The number of nitrogens with one attached hydrogen (secondary N) is 1. The Labute approximate surface area is 181 Å². The van der Waals surface area contributed by atoms with Gasteiger partial charge < -0.3 is 19.2 Å². The van der Waals surface area contributed by atoms with Crippen molar-refractivity contribution in [3.05, 3.63) is 53.6 Å². The Kier molecular flexibility index (Phi) is 6.32. The minimum absolute atomic E-state index is 0.0600. The maximum Gasteiger partial charge on any atom is 0.293 e.